The van der Waals surface area contributed by atoms with Gasteiger partial charge in [0.05, 0.1) is 11.5 Å². The van der Waals surface area contributed by atoms with Crippen molar-refractivity contribution >= 4 is 23.2 Å². The van der Waals surface area contributed by atoms with E-state index >= 15 is 0 Å². The Hall–Kier alpha value is -1.36. The molecule has 19 heavy (non-hydrogen) atoms. The number of carboxylic acids is 1. The second-order valence-electron chi connectivity index (χ2n) is 5.13. The zero-order valence-corrected chi connectivity index (χ0v) is 11.8. The number of amides is 1. The Kier molecular flexibility index (Phi) is 4.58. The van der Waals surface area contributed by atoms with Crippen molar-refractivity contribution in [3.05, 3.63) is 21.9 Å². The summed E-state index contributed by atoms with van der Waals surface area (Å²) in [5, 5.41) is 15.9. The highest BCUT2D eigenvalue weighted by Crippen LogP contribution is 2.24. The van der Waals surface area contributed by atoms with Crippen LogP contribution >= 0.6 is 11.3 Å². The van der Waals surface area contributed by atoms with Crippen LogP contribution in [0, 0.1) is 12.8 Å². The molecular weight excluding hydrogens is 262 g/mol. The van der Waals surface area contributed by atoms with Crippen LogP contribution in [-0.4, -0.2) is 23.0 Å². The van der Waals surface area contributed by atoms with Crippen LogP contribution in [0.25, 0.3) is 0 Å². The minimum absolute atomic E-state index is 0.142. The van der Waals surface area contributed by atoms with Crippen LogP contribution in [0.1, 0.15) is 48.0 Å². The smallest absolute Gasteiger partial charge is 0.308 e. The lowest BCUT2D eigenvalue weighted by molar-refractivity contribution is -0.142. The van der Waals surface area contributed by atoms with Crippen molar-refractivity contribution in [2.75, 3.05) is 0 Å². The standard InChI is InChI=1S/C14H19NO3S/c1-9-7-19-8-11(9)13(16)15-12-6-4-2-3-5-10(12)14(17)18/h7-8,10,12H,2-6H2,1H3,(H,15,16)(H,17,18)/t10-,12-/m0/s1. The molecule has 0 saturated heterocycles. The summed E-state index contributed by atoms with van der Waals surface area (Å²) in [6, 6.07) is -0.244. The van der Waals surface area contributed by atoms with E-state index in [4.69, 9.17) is 0 Å². The van der Waals surface area contributed by atoms with Gasteiger partial charge < -0.3 is 10.4 Å². The van der Waals surface area contributed by atoms with E-state index in [2.05, 4.69) is 5.32 Å². The molecule has 104 valence electrons. The molecular formula is C14H19NO3S. The molecule has 4 nitrogen and oxygen atoms in total. The Labute approximate surface area is 116 Å². The molecule has 0 radical (unpaired) electrons. The van der Waals surface area contributed by atoms with Crippen LogP contribution in [0.4, 0.5) is 0 Å². The van der Waals surface area contributed by atoms with Gasteiger partial charge in [-0.3, -0.25) is 9.59 Å². The number of aliphatic carboxylic acids is 1. The fraction of sp³-hybridized carbons (Fsp3) is 0.571. The number of carboxylic acid groups (broad SMARTS) is 1. The number of thiophene rings is 1. The monoisotopic (exact) mass is 281 g/mol. The van der Waals surface area contributed by atoms with Crippen molar-refractivity contribution in [2.45, 2.75) is 45.1 Å². The Morgan fingerprint density at radius 3 is 2.63 bits per heavy atom. The number of aryl methyl sites for hydroxylation is 1. The highest BCUT2D eigenvalue weighted by molar-refractivity contribution is 7.08. The van der Waals surface area contributed by atoms with Crippen LogP contribution in [0.2, 0.25) is 0 Å². The number of rotatable bonds is 3. The minimum atomic E-state index is -0.797. The number of hydrogen-bond donors (Lipinski definition) is 2. The van der Waals surface area contributed by atoms with Crippen molar-refractivity contribution < 1.29 is 14.7 Å². The predicted octanol–water partition coefficient (Wildman–Crippen LogP) is 2.82. The summed E-state index contributed by atoms with van der Waals surface area (Å²) in [7, 11) is 0. The molecule has 1 fully saturated rings. The topological polar surface area (TPSA) is 66.4 Å². The molecule has 1 aromatic rings. The summed E-state index contributed by atoms with van der Waals surface area (Å²) in [6.45, 7) is 1.90. The van der Waals surface area contributed by atoms with Crippen molar-refractivity contribution in [1.29, 1.82) is 0 Å². The highest BCUT2D eigenvalue weighted by Gasteiger charge is 2.31. The predicted molar refractivity (Wildman–Crippen MR) is 74.5 cm³/mol. The first kappa shape index (κ1) is 14.1. The first-order valence-electron chi connectivity index (χ1n) is 6.66. The van der Waals surface area contributed by atoms with E-state index in [0.717, 1.165) is 31.2 Å². The zero-order chi connectivity index (χ0) is 13.8. The molecule has 0 unspecified atom stereocenters. The van der Waals surface area contributed by atoms with Crippen LogP contribution in [-0.2, 0) is 4.79 Å². The van der Waals surface area contributed by atoms with Crippen LogP contribution in [0.5, 0.6) is 0 Å². The average molecular weight is 281 g/mol. The molecule has 1 heterocycles. The van der Waals surface area contributed by atoms with E-state index in [1.54, 1.807) is 0 Å². The molecule has 1 aromatic heterocycles. The SMILES string of the molecule is Cc1cscc1C(=O)N[C@H]1CCCCC[C@@H]1C(=O)O. The quantitative estimate of drug-likeness (QED) is 0.837. The van der Waals surface area contributed by atoms with Gasteiger partial charge in [-0.25, -0.2) is 0 Å². The first-order chi connectivity index (χ1) is 9.09. The average Bonchev–Trinajstić information content (AvgIpc) is 2.65. The zero-order valence-electron chi connectivity index (χ0n) is 11.0. The van der Waals surface area contributed by atoms with Gasteiger partial charge in [-0.05, 0) is 30.7 Å². The number of hydrogen-bond acceptors (Lipinski definition) is 3. The van der Waals surface area contributed by atoms with Crippen molar-refractivity contribution in [1.82, 2.24) is 5.32 Å². The lowest BCUT2D eigenvalue weighted by Gasteiger charge is -2.22. The van der Waals surface area contributed by atoms with Gasteiger partial charge in [0, 0.05) is 11.4 Å². The van der Waals surface area contributed by atoms with Gasteiger partial charge in [0.15, 0.2) is 0 Å². The Balaban J connectivity index is 2.08. The van der Waals surface area contributed by atoms with Crippen LogP contribution < -0.4 is 5.32 Å². The Bertz CT molecular complexity index is 469. The third-order valence-electron chi connectivity index (χ3n) is 3.75. The molecule has 1 aliphatic carbocycles. The van der Waals surface area contributed by atoms with Crippen LogP contribution in [0.3, 0.4) is 0 Å². The minimum Gasteiger partial charge on any atom is -0.481 e. The first-order valence-corrected chi connectivity index (χ1v) is 7.60. The highest BCUT2D eigenvalue weighted by atomic mass is 32.1. The van der Waals surface area contributed by atoms with E-state index < -0.39 is 11.9 Å². The van der Waals surface area contributed by atoms with Gasteiger partial charge in [-0.1, -0.05) is 19.3 Å². The van der Waals surface area contributed by atoms with Gasteiger partial charge in [-0.2, -0.15) is 11.3 Å². The maximum atomic E-state index is 12.2. The number of carbonyl (C=O) groups is 2. The summed E-state index contributed by atoms with van der Waals surface area (Å²) < 4.78 is 0. The fourth-order valence-corrected chi connectivity index (χ4v) is 3.44. The third-order valence-corrected chi connectivity index (χ3v) is 4.61. The molecule has 2 N–H and O–H groups in total. The molecule has 1 amide bonds. The molecule has 2 atom stereocenters. The molecule has 0 aromatic carbocycles. The van der Waals surface area contributed by atoms with E-state index in [-0.39, 0.29) is 11.9 Å². The summed E-state index contributed by atoms with van der Waals surface area (Å²) in [4.78, 5) is 23.5. The Morgan fingerprint density at radius 2 is 2.00 bits per heavy atom. The summed E-state index contributed by atoms with van der Waals surface area (Å²) >= 11 is 1.49. The lowest BCUT2D eigenvalue weighted by atomic mass is 9.94. The summed E-state index contributed by atoms with van der Waals surface area (Å²) in [5.74, 6) is -1.39. The van der Waals surface area contributed by atoms with Gasteiger partial charge in [0.25, 0.3) is 5.91 Å². The van der Waals surface area contributed by atoms with Gasteiger partial charge in [0.1, 0.15) is 0 Å². The van der Waals surface area contributed by atoms with Crippen molar-refractivity contribution in [3.63, 3.8) is 0 Å². The van der Waals surface area contributed by atoms with Gasteiger partial charge in [0.2, 0.25) is 0 Å². The molecule has 0 bridgehead atoms. The third kappa shape index (κ3) is 3.35. The normalized spacial score (nSPS) is 23.6. The molecule has 0 aliphatic heterocycles. The van der Waals surface area contributed by atoms with Gasteiger partial charge in [-0.15, -0.1) is 0 Å². The van der Waals surface area contributed by atoms with E-state index in [0.29, 0.717) is 12.0 Å². The molecule has 0 spiro atoms. The molecule has 5 heteroatoms. The van der Waals surface area contributed by atoms with Crippen molar-refractivity contribution in [2.24, 2.45) is 5.92 Å². The summed E-state index contributed by atoms with van der Waals surface area (Å²) in [6.07, 6.45) is 4.38. The maximum absolute atomic E-state index is 12.2. The van der Waals surface area contributed by atoms with E-state index in [1.165, 1.54) is 11.3 Å². The van der Waals surface area contributed by atoms with E-state index in [1.807, 2.05) is 17.7 Å². The van der Waals surface area contributed by atoms with Gasteiger partial charge >= 0.3 is 5.97 Å². The second-order valence-corrected chi connectivity index (χ2v) is 5.87. The molecule has 1 aliphatic rings. The second kappa shape index (κ2) is 6.19. The molecule has 2 rings (SSSR count). The van der Waals surface area contributed by atoms with Crippen molar-refractivity contribution in [3.8, 4) is 0 Å². The summed E-state index contributed by atoms with van der Waals surface area (Å²) in [5.41, 5.74) is 1.61. The fourth-order valence-electron chi connectivity index (χ4n) is 2.62. The van der Waals surface area contributed by atoms with E-state index in [9.17, 15) is 14.7 Å². The van der Waals surface area contributed by atoms with Crippen LogP contribution in [0.15, 0.2) is 10.8 Å². The largest absolute Gasteiger partial charge is 0.481 e. The molecule has 1 saturated carbocycles. The Morgan fingerprint density at radius 1 is 1.26 bits per heavy atom. The lowest BCUT2D eigenvalue weighted by Crippen LogP contribution is -2.42. The number of nitrogens with one attached hydrogen (secondary N) is 1. The maximum Gasteiger partial charge on any atom is 0.308 e. The number of carbonyl (C=O) groups excluding carboxylic acids is 1.